The fraction of sp³-hybridized carbons (Fsp3) is 0.278. The van der Waals surface area contributed by atoms with Crippen LogP contribution >= 0.6 is 15.9 Å². The molecule has 0 radical (unpaired) electrons. The Morgan fingerprint density at radius 2 is 1.86 bits per heavy atom. The van der Waals surface area contributed by atoms with E-state index in [2.05, 4.69) is 65.4 Å². The number of benzene rings is 2. The first-order valence-electron chi connectivity index (χ1n) is 7.13. The molecule has 2 nitrogen and oxygen atoms in total. The normalized spacial score (nSPS) is 19.8. The van der Waals surface area contributed by atoms with E-state index in [0.29, 0.717) is 0 Å². The van der Waals surface area contributed by atoms with Crippen molar-refractivity contribution in [2.24, 2.45) is 0 Å². The molecule has 0 aromatic heterocycles. The standard InChI is InChI=1S/C18H18BrNO/c1-18(2)16(10-12-6-4-3-5-7-12)15-11-13(19)8-9-14(15)17(21)20-18/h3-9,11,16H,10H2,1-2H3,(H,20,21)/t16-/m0/s1. The lowest BCUT2D eigenvalue weighted by atomic mass is 9.73. The summed E-state index contributed by atoms with van der Waals surface area (Å²) in [6, 6.07) is 16.4. The Labute approximate surface area is 133 Å². The molecule has 1 heterocycles. The van der Waals surface area contributed by atoms with Crippen LogP contribution in [0.5, 0.6) is 0 Å². The highest BCUT2D eigenvalue weighted by Gasteiger charge is 2.39. The van der Waals surface area contributed by atoms with Crippen LogP contribution in [0.4, 0.5) is 0 Å². The van der Waals surface area contributed by atoms with Crippen LogP contribution in [0, 0.1) is 0 Å². The molecule has 0 saturated carbocycles. The summed E-state index contributed by atoms with van der Waals surface area (Å²) in [6.07, 6.45) is 0.914. The van der Waals surface area contributed by atoms with Crippen LogP contribution in [0.1, 0.15) is 41.3 Å². The molecule has 1 atom stereocenters. The molecule has 1 N–H and O–H groups in total. The summed E-state index contributed by atoms with van der Waals surface area (Å²) in [5, 5.41) is 3.15. The zero-order chi connectivity index (χ0) is 15.0. The van der Waals surface area contributed by atoms with Crippen molar-refractivity contribution in [3.05, 3.63) is 69.7 Å². The number of rotatable bonds is 2. The lowest BCUT2D eigenvalue weighted by molar-refractivity contribution is 0.0876. The Morgan fingerprint density at radius 3 is 2.57 bits per heavy atom. The van der Waals surface area contributed by atoms with E-state index in [1.807, 2.05) is 18.2 Å². The smallest absolute Gasteiger partial charge is 0.252 e. The van der Waals surface area contributed by atoms with Crippen LogP contribution in [-0.2, 0) is 6.42 Å². The third-order valence-electron chi connectivity index (χ3n) is 4.22. The van der Waals surface area contributed by atoms with Crippen molar-refractivity contribution in [3.8, 4) is 0 Å². The first-order chi connectivity index (χ1) is 9.97. The van der Waals surface area contributed by atoms with Crippen molar-refractivity contribution in [3.63, 3.8) is 0 Å². The maximum absolute atomic E-state index is 12.3. The predicted molar refractivity (Wildman–Crippen MR) is 88.6 cm³/mol. The van der Waals surface area contributed by atoms with Gasteiger partial charge in [0.25, 0.3) is 5.91 Å². The molecule has 2 aromatic rings. The first kappa shape index (κ1) is 14.3. The molecule has 0 fully saturated rings. The molecular weight excluding hydrogens is 326 g/mol. The van der Waals surface area contributed by atoms with Crippen molar-refractivity contribution in [2.75, 3.05) is 0 Å². The highest BCUT2D eigenvalue weighted by molar-refractivity contribution is 9.10. The van der Waals surface area contributed by atoms with Crippen molar-refractivity contribution < 1.29 is 4.79 Å². The van der Waals surface area contributed by atoms with Crippen molar-refractivity contribution >= 4 is 21.8 Å². The van der Waals surface area contributed by atoms with E-state index < -0.39 is 0 Å². The van der Waals surface area contributed by atoms with E-state index in [0.717, 1.165) is 22.0 Å². The van der Waals surface area contributed by atoms with Crippen molar-refractivity contribution in [1.82, 2.24) is 5.32 Å². The topological polar surface area (TPSA) is 29.1 Å². The fourth-order valence-corrected chi connectivity index (χ4v) is 3.46. The second-order valence-corrected chi connectivity index (χ2v) is 7.07. The maximum atomic E-state index is 12.3. The van der Waals surface area contributed by atoms with Gasteiger partial charge in [0.1, 0.15) is 0 Å². The average molecular weight is 344 g/mol. The molecule has 1 amide bonds. The summed E-state index contributed by atoms with van der Waals surface area (Å²) in [7, 11) is 0. The Hall–Kier alpha value is -1.61. The summed E-state index contributed by atoms with van der Waals surface area (Å²) in [5.74, 6) is 0.275. The van der Waals surface area contributed by atoms with Gasteiger partial charge in [-0.25, -0.2) is 0 Å². The molecule has 0 aliphatic carbocycles. The molecule has 21 heavy (non-hydrogen) atoms. The second kappa shape index (κ2) is 5.30. The Kier molecular flexibility index (Phi) is 3.62. The maximum Gasteiger partial charge on any atom is 0.252 e. The van der Waals surface area contributed by atoms with Gasteiger partial charge >= 0.3 is 0 Å². The van der Waals surface area contributed by atoms with E-state index >= 15 is 0 Å². The average Bonchev–Trinajstić information content (AvgIpc) is 2.44. The van der Waals surface area contributed by atoms with Crippen LogP contribution in [0.3, 0.4) is 0 Å². The molecule has 2 aromatic carbocycles. The zero-order valence-electron chi connectivity index (χ0n) is 12.2. The van der Waals surface area contributed by atoms with E-state index in [1.165, 1.54) is 5.56 Å². The minimum Gasteiger partial charge on any atom is -0.347 e. The number of carbonyl (C=O) groups is 1. The summed E-state index contributed by atoms with van der Waals surface area (Å²) >= 11 is 3.53. The number of amides is 1. The van der Waals surface area contributed by atoms with E-state index in [9.17, 15) is 4.79 Å². The minimum atomic E-state index is -0.263. The quantitative estimate of drug-likeness (QED) is 0.865. The minimum absolute atomic E-state index is 0.0202. The molecule has 0 unspecified atom stereocenters. The Morgan fingerprint density at radius 1 is 1.14 bits per heavy atom. The predicted octanol–water partition coefficient (Wildman–Crippen LogP) is 4.30. The van der Waals surface area contributed by atoms with Crippen LogP contribution in [-0.4, -0.2) is 11.4 Å². The van der Waals surface area contributed by atoms with Gasteiger partial charge in [0.15, 0.2) is 0 Å². The SMILES string of the molecule is CC1(C)NC(=O)c2ccc(Br)cc2[C@@H]1Cc1ccccc1. The number of nitrogens with one attached hydrogen (secondary N) is 1. The molecule has 108 valence electrons. The second-order valence-electron chi connectivity index (χ2n) is 6.15. The van der Waals surface area contributed by atoms with Crippen LogP contribution in [0.25, 0.3) is 0 Å². The number of halogens is 1. The van der Waals surface area contributed by atoms with Gasteiger partial charge in [-0.3, -0.25) is 4.79 Å². The number of fused-ring (bicyclic) bond motifs is 1. The fourth-order valence-electron chi connectivity index (χ4n) is 3.08. The van der Waals surface area contributed by atoms with Gasteiger partial charge in [-0.05, 0) is 49.6 Å². The number of hydrogen-bond donors (Lipinski definition) is 1. The molecule has 3 heteroatoms. The molecule has 0 saturated heterocycles. The first-order valence-corrected chi connectivity index (χ1v) is 7.92. The number of carbonyl (C=O) groups excluding carboxylic acids is 1. The summed E-state index contributed by atoms with van der Waals surface area (Å²) in [4.78, 5) is 12.3. The van der Waals surface area contributed by atoms with Gasteiger partial charge in [-0.15, -0.1) is 0 Å². The van der Waals surface area contributed by atoms with Gasteiger partial charge < -0.3 is 5.32 Å². The summed E-state index contributed by atoms with van der Waals surface area (Å²) < 4.78 is 1.02. The van der Waals surface area contributed by atoms with E-state index in [-0.39, 0.29) is 17.4 Å². The molecule has 0 bridgehead atoms. The largest absolute Gasteiger partial charge is 0.347 e. The summed E-state index contributed by atoms with van der Waals surface area (Å²) in [5.41, 5.74) is 2.94. The summed E-state index contributed by atoms with van der Waals surface area (Å²) in [6.45, 7) is 4.20. The van der Waals surface area contributed by atoms with Gasteiger partial charge in [-0.1, -0.05) is 46.3 Å². The molecular formula is C18H18BrNO. The Bertz CT molecular complexity index is 679. The van der Waals surface area contributed by atoms with E-state index in [1.54, 1.807) is 0 Å². The van der Waals surface area contributed by atoms with Gasteiger partial charge in [0.2, 0.25) is 0 Å². The molecule has 0 spiro atoms. The monoisotopic (exact) mass is 343 g/mol. The lowest BCUT2D eigenvalue weighted by Gasteiger charge is -2.41. The van der Waals surface area contributed by atoms with Crippen LogP contribution in [0.2, 0.25) is 0 Å². The molecule has 1 aliphatic rings. The third-order valence-corrected chi connectivity index (χ3v) is 4.72. The molecule has 1 aliphatic heterocycles. The lowest BCUT2D eigenvalue weighted by Crippen LogP contribution is -2.52. The van der Waals surface area contributed by atoms with E-state index in [4.69, 9.17) is 0 Å². The van der Waals surface area contributed by atoms with Gasteiger partial charge in [-0.2, -0.15) is 0 Å². The van der Waals surface area contributed by atoms with Crippen LogP contribution < -0.4 is 5.32 Å². The van der Waals surface area contributed by atoms with Gasteiger partial charge in [0.05, 0.1) is 0 Å². The number of hydrogen-bond acceptors (Lipinski definition) is 1. The highest BCUT2D eigenvalue weighted by atomic mass is 79.9. The van der Waals surface area contributed by atoms with Crippen molar-refractivity contribution in [2.45, 2.75) is 31.7 Å². The van der Waals surface area contributed by atoms with Gasteiger partial charge in [0, 0.05) is 21.5 Å². The Balaban J connectivity index is 2.07. The highest BCUT2D eigenvalue weighted by Crippen LogP contribution is 2.38. The molecule has 3 rings (SSSR count). The zero-order valence-corrected chi connectivity index (χ0v) is 13.8. The van der Waals surface area contributed by atoms with Crippen molar-refractivity contribution in [1.29, 1.82) is 0 Å². The third kappa shape index (κ3) is 2.75. The van der Waals surface area contributed by atoms with Crippen LogP contribution in [0.15, 0.2) is 53.0 Å².